The molecule has 5 unspecified atom stereocenters. The lowest BCUT2D eigenvalue weighted by Gasteiger charge is -2.37. The van der Waals surface area contributed by atoms with Crippen molar-refractivity contribution in [2.75, 3.05) is 6.61 Å². The number of hydrogen-bond acceptors (Lipinski definition) is 9. The highest BCUT2D eigenvalue weighted by atomic mass is 16.6. The second-order valence-electron chi connectivity index (χ2n) is 6.84. The highest BCUT2D eigenvalue weighted by Crippen LogP contribution is 2.26. The maximum Gasteiger partial charge on any atom is 0.338 e. The first-order valence-electron chi connectivity index (χ1n) is 9.11. The number of phenols is 2. The summed E-state index contributed by atoms with van der Waals surface area (Å²) in [4.78, 5) is 12.2. The van der Waals surface area contributed by atoms with Crippen molar-refractivity contribution >= 4 is 18.1 Å². The Morgan fingerprint density at radius 2 is 1.50 bits per heavy atom. The number of benzene rings is 2. The van der Waals surface area contributed by atoms with Crippen molar-refractivity contribution in [2.24, 2.45) is 0 Å². The molecule has 1 heterocycles. The number of ether oxygens (including phenoxy) is 2. The van der Waals surface area contributed by atoms with Crippen LogP contribution in [0.3, 0.4) is 0 Å². The molecule has 9 nitrogen and oxygen atoms in total. The molecule has 30 heavy (non-hydrogen) atoms. The molecule has 1 aliphatic rings. The summed E-state index contributed by atoms with van der Waals surface area (Å²) in [5.41, 5.74) is 1.68. The lowest BCUT2D eigenvalue weighted by atomic mass is 9.99. The Morgan fingerprint density at radius 1 is 0.867 bits per heavy atom. The van der Waals surface area contributed by atoms with E-state index in [-0.39, 0.29) is 17.1 Å². The van der Waals surface area contributed by atoms with E-state index in [0.29, 0.717) is 5.56 Å². The first-order chi connectivity index (χ1) is 14.3. The third kappa shape index (κ3) is 4.96. The smallest absolute Gasteiger partial charge is 0.338 e. The number of aliphatic hydroxyl groups excluding tert-OH is 4. The monoisotopic (exact) mass is 418 g/mol. The van der Waals surface area contributed by atoms with Gasteiger partial charge in [-0.05, 0) is 35.4 Å². The number of aliphatic hydroxyl groups is 4. The quantitative estimate of drug-likeness (QED) is 0.227. The van der Waals surface area contributed by atoms with Gasteiger partial charge in [-0.2, -0.15) is 0 Å². The fourth-order valence-electron chi connectivity index (χ4n) is 2.88. The summed E-state index contributed by atoms with van der Waals surface area (Å²) in [6, 6.07) is 10.8. The molecule has 0 aromatic heterocycles. The van der Waals surface area contributed by atoms with Crippen LogP contribution in [0.15, 0.2) is 42.5 Å². The van der Waals surface area contributed by atoms with Gasteiger partial charge in [0.2, 0.25) is 0 Å². The summed E-state index contributed by atoms with van der Waals surface area (Å²) >= 11 is 0. The van der Waals surface area contributed by atoms with E-state index in [1.807, 2.05) is 0 Å². The number of hydrogen-bond donors (Lipinski definition) is 6. The molecule has 1 fully saturated rings. The van der Waals surface area contributed by atoms with Crippen molar-refractivity contribution in [2.45, 2.75) is 30.7 Å². The molecule has 2 aromatic rings. The van der Waals surface area contributed by atoms with Crippen LogP contribution in [0.2, 0.25) is 0 Å². The maximum absolute atomic E-state index is 12.2. The summed E-state index contributed by atoms with van der Waals surface area (Å²) in [6.07, 6.45) is -4.22. The van der Waals surface area contributed by atoms with Crippen molar-refractivity contribution in [1.29, 1.82) is 0 Å². The fourth-order valence-corrected chi connectivity index (χ4v) is 2.88. The van der Waals surface area contributed by atoms with Crippen molar-refractivity contribution in [3.8, 4) is 11.5 Å². The number of phenolic OH excluding ortho intramolecular Hbond substituents is 2. The van der Waals surface area contributed by atoms with Crippen LogP contribution in [-0.2, 0) is 9.47 Å². The van der Waals surface area contributed by atoms with Crippen LogP contribution in [0.25, 0.3) is 12.2 Å². The van der Waals surface area contributed by atoms with Crippen LogP contribution >= 0.6 is 0 Å². The fraction of sp³-hybridized carbons (Fsp3) is 0.286. The van der Waals surface area contributed by atoms with Crippen molar-refractivity contribution < 1.29 is 44.9 Å². The van der Waals surface area contributed by atoms with Gasteiger partial charge in [0.1, 0.15) is 31.0 Å². The van der Waals surface area contributed by atoms with Crippen molar-refractivity contribution in [3.63, 3.8) is 0 Å². The van der Waals surface area contributed by atoms with Crippen molar-refractivity contribution in [1.82, 2.24) is 0 Å². The largest absolute Gasteiger partial charge is 0.504 e. The van der Waals surface area contributed by atoms with Crippen LogP contribution in [0, 0.1) is 0 Å². The number of esters is 1. The van der Waals surface area contributed by atoms with Gasteiger partial charge in [0.05, 0.1) is 5.56 Å². The van der Waals surface area contributed by atoms with E-state index in [9.17, 15) is 35.4 Å². The van der Waals surface area contributed by atoms with Gasteiger partial charge >= 0.3 is 5.97 Å². The zero-order chi connectivity index (χ0) is 21.8. The van der Waals surface area contributed by atoms with E-state index in [0.717, 1.165) is 5.56 Å². The molecule has 6 N–H and O–H groups in total. The average molecular weight is 418 g/mol. The van der Waals surface area contributed by atoms with E-state index in [1.165, 1.54) is 24.3 Å². The second-order valence-corrected chi connectivity index (χ2v) is 6.84. The second kappa shape index (κ2) is 9.24. The van der Waals surface area contributed by atoms with Gasteiger partial charge in [-0.3, -0.25) is 0 Å². The number of aromatic hydroxyl groups is 2. The molecule has 1 saturated heterocycles. The zero-order valence-corrected chi connectivity index (χ0v) is 15.7. The van der Waals surface area contributed by atoms with Crippen molar-refractivity contribution in [3.05, 3.63) is 59.2 Å². The predicted molar refractivity (Wildman–Crippen MR) is 104 cm³/mol. The highest BCUT2D eigenvalue weighted by Gasteiger charge is 2.43. The Balaban J connectivity index is 1.57. The van der Waals surface area contributed by atoms with Gasteiger partial charge < -0.3 is 40.1 Å². The Labute approximate surface area is 171 Å². The van der Waals surface area contributed by atoms with Gasteiger partial charge in [0.25, 0.3) is 0 Å². The molecule has 9 heteroatoms. The van der Waals surface area contributed by atoms with Crippen LogP contribution in [0.4, 0.5) is 0 Å². The number of rotatable bonds is 5. The van der Waals surface area contributed by atoms with Gasteiger partial charge in [0, 0.05) is 0 Å². The Kier molecular flexibility index (Phi) is 6.70. The molecule has 0 aliphatic carbocycles. The van der Waals surface area contributed by atoms with Gasteiger partial charge in [-0.15, -0.1) is 0 Å². The standard InChI is InChI=1S/C21H22O9/c22-14-8-5-12(9-15(14)23)2-1-11-3-6-13(7-4-11)20(27)29-10-16-17(24)18(25)19(26)21(28)30-16/h1-9,16-19,21-26,28H,10H2. The van der Waals surface area contributed by atoms with Gasteiger partial charge in [-0.1, -0.05) is 30.4 Å². The third-order valence-corrected chi connectivity index (χ3v) is 4.68. The topological polar surface area (TPSA) is 157 Å². The first-order valence-corrected chi connectivity index (χ1v) is 9.11. The molecule has 0 bridgehead atoms. The average Bonchev–Trinajstić information content (AvgIpc) is 2.74. The summed E-state index contributed by atoms with van der Waals surface area (Å²) < 4.78 is 10.0. The molecule has 0 amide bonds. The molecule has 0 saturated carbocycles. The minimum atomic E-state index is -1.70. The number of carbonyl (C=O) groups excluding carboxylic acids is 1. The van der Waals surface area contributed by atoms with E-state index >= 15 is 0 Å². The molecule has 0 radical (unpaired) electrons. The SMILES string of the molecule is O=C(OCC1OC(O)C(O)C(O)C1O)c1ccc(C=Cc2ccc(O)c(O)c2)cc1. The lowest BCUT2D eigenvalue weighted by molar-refractivity contribution is -0.286. The van der Waals surface area contributed by atoms with E-state index in [1.54, 1.807) is 30.4 Å². The Hall–Kier alpha value is -2.95. The van der Waals surface area contributed by atoms with Crippen LogP contribution in [-0.4, -0.2) is 73.9 Å². The molecular weight excluding hydrogens is 396 g/mol. The van der Waals surface area contributed by atoms with Crippen LogP contribution in [0.5, 0.6) is 11.5 Å². The minimum absolute atomic E-state index is 0.207. The minimum Gasteiger partial charge on any atom is -0.504 e. The molecule has 1 aliphatic heterocycles. The summed E-state index contributed by atoms with van der Waals surface area (Å²) in [6.45, 7) is -0.424. The number of carbonyl (C=O) groups is 1. The summed E-state index contributed by atoms with van der Waals surface area (Å²) in [5.74, 6) is -1.13. The van der Waals surface area contributed by atoms with Crippen LogP contribution < -0.4 is 0 Å². The normalized spacial score (nSPS) is 26.6. The van der Waals surface area contributed by atoms with Gasteiger partial charge in [-0.25, -0.2) is 4.79 Å². The third-order valence-electron chi connectivity index (χ3n) is 4.68. The Bertz CT molecular complexity index is 909. The highest BCUT2D eigenvalue weighted by molar-refractivity contribution is 5.89. The molecule has 160 valence electrons. The lowest BCUT2D eigenvalue weighted by Crippen LogP contribution is -2.58. The van der Waals surface area contributed by atoms with E-state index < -0.39 is 43.3 Å². The molecule has 5 atom stereocenters. The zero-order valence-electron chi connectivity index (χ0n) is 15.7. The first kappa shape index (κ1) is 21.8. The van der Waals surface area contributed by atoms with Crippen LogP contribution in [0.1, 0.15) is 21.5 Å². The molecule has 0 spiro atoms. The Morgan fingerprint density at radius 3 is 2.17 bits per heavy atom. The summed E-state index contributed by atoms with van der Waals surface area (Å²) in [5, 5.41) is 57.2. The molecular formula is C21H22O9. The maximum atomic E-state index is 12.2. The van der Waals surface area contributed by atoms with Gasteiger partial charge in [0.15, 0.2) is 17.8 Å². The predicted octanol–water partition coefficient (Wildman–Crippen LogP) is 0.225. The van der Waals surface area contributed by atoms with E-state index in [2.05, 4.69) is 0 Å². The van der Waals surface area contributed by atoms with E-state index in [4.69, 9.17) is 9.47 Å². The molecule has 3 rings (SSSR count). The molecule has 2 aromatic carbocycles. The summed E-state index contributed by atoms with van der Waals surface area (Å²) in [7, 11) is 0.